The highest BCUT2D eigenvalue weighted by atomic mass is 127. The van der Waals surface area contributed by atoms with E-state index in [1.807, 2.05) is 6.07 Å². The summed E-state index contributed by atoms with van der Waals surface area (Å²) in [5, 5.41) is 0. The van der Waals surface area contributed by atoms with Gasteiger partial charge in [-0.05, 0) is 59.5 Å². The third-order valence-electron chi connectivity index (χ3n) is 2.52. The molecule has 0 aliphatic heterocycles. The molecule has 0 unspecified atom stereocenters. The molecule has 16 heavy (non-hydrogen) atoms. The maximum Gasteiger partial charge on any atom is 0.337 e. The van der Waals surface area contributed by atoms with E-state index in [4.69, 9.17) is 4.74 Å². The summed E-state index contributed by atoms with van der Waals surface area (Å²) in [7, 11) is 1.38. The molecule has 86 valence electrons. The van der Waals surface area contributed by atoms with E-state index in [0.717, 1.165) is 15.9 Å². The third-order valence-corrected chi connectivity index (χ3v) is 3.41. The number of halogens is 1. The Morgan fingerprint density at radius 2 is 2.25 bits per heavy atom. The molecule has 2 rings (SSSR count). The summed E-state index contributed by atoms with van der Waals surface area (Å²) >= 11 is 2.20. The van der Waals surface area contributed by atoms with E-state index in [9.17, 15) is 4.79 Å². The Kier molecular flexibility index (Phi) is 3.68. The van der Waals surface area contributed by atoms with Crippen LogP contribution in [0.5, 0.6) is 5.75 Å². The number of rotatable bonds is 4. The Morgan fingerprint density at radius 1 is 1.50 bits per heavy atom. The average molecular weight is 332 g/mol. The molecule has 0 N–H and O–H groups in total. The lowest BCUT2D eigenvalue weighted by Gasteiger charge is -2.08. The first-order valence-electron chi connectivity index (χ1n) is 5.21. The average Bonchev–Trinajstić information content (AvgIpc) is 3.11. The highest BCUT2D eigenvalue weighted by Crippen LogP contribution is 2.31. The monoisotopic (exact) mass is 332 g/mol. The van der Waals surface area contributed by atoms with Crippen LogP contribution in [0.2, 0.25) is 0 Å². The van der Waals surface area contributed by atoms with Gasteiger partial charge in [0.15, 0.2) is 0 Å². The van der Waals surface area contributed by atoms with Crippen LogP contribution in [0.4, 0.5) is 0 Å². The first-order chi connectivity index (χ1) is 7.70. The van der Waals surface area contributed by atoms with E-state index in [1.54, 1.807) is 12.1 Å². The van der Waals surface area contributed by atoms with Gasteiger partial charge in [-0.2, -0.15) is 0 Å². The second-order valence-corrected chi connectivity index (χ2v) is 5.05. The zero-order chi connectivity index (χ0) is 11.5. The van der Waals surface area contributed by atoms with Crippen molar-refractivity contribution >= 4 is 28.6 Å². The van der Waals surface area contributed by atoms with Crippen LogP contribution in [0.25, 0.3) is 0 Å². The lowest BCUT2D eigenvalue weighted by molar-refractivity contribution is 0.0600. The molecular formula is C12H13IO3. The fraction of sp³-hybridized carbons (Fsp3) is 0.417. The van der Waals surface area contributed by atoms with Gasteiger partial charge in [0.1, 0.15) is 5.75 Å². The molecule has 0 aromatic heterocycles. The normalized spacial score (nSPS) is 14.6. The SMILES string of the molecule is COC(=O)c1ccc(I)c(OCC2CC2)c1. The van der Waals surface area contributed by atoms with E-state index in [2.05, 4.69) is 27.3 Å². The summed E-state index contributed by atoms with van der Waals surface area (Å²) in [5.74, 6) is 1.15. The number of carbonyl (C=O) groups is 1. The standard InChI is InChI=1S/C12H13IO3/c1-15-12(14)9-4-5-10(13)11(6-9)16-7-8-2-3-8/h4-6,8H,2-3,7H2,1H3. The van der Waals surface area contributed by atoms with Crippen LogP contribution >= 0.6 is 22.6 Å². The van der Waals surface area contributed by atoms with E-state index in [1.165, 1.54) is 20.0 Å². The minimum absolute atomic E-state index is 0.326. The van der Waals surface area contributed by atoms with Crippen LogP contribution in [0.3, 0.4) is 0 Å². The quantitative estimate of drug-likeness (QED) is 0.628. The first-order valence-corrected chi connectivity index (χ1v) is 6.29. The Morgan fingerprint density at radius 3 is 2.88 bits per heavy atom. The number of benzene rings is 1. The molecule has 0 bridgehead atoms. The van der Waals surface area contributed by atoms with Crippen molar-refractivity contribution in [2.75, 3.05) is 13.7 Å². The van der Waals surface area contributed by atoms with Crippen molar-refractivity contribution in [3.63, 3.8) is 0 Å². The predicted octanol–water partition coefficient (Wildman–Crippen LogP) is 2.87. The van der Waals surface area contributed by atoms with Crippen LogP contribution < -0.4 is 4.74 Å². The zero-order valence-corrected chi connectivity index (χ0v) is 11.2. The first kappa shape index (κ1) is 11.7. The van der Waals surface area contributed by atoms with Crippen LogP contribution in [-0.2, 0) is 4.74 Å². The summed E-state index contributed by atoms with van der Waals surface area (Å²) in [6.07, 6.45) is 2.51. The van der Waals surface area contributed by atoms with Crippen molar-refractivity contribution in [2.45, 2.75) is 12.8 Å². The van der Waals surface area contributed by atoms with Crippen LogP contribution in [0, 0.1) is 9.49 Å². The molecule has 0 radical (unpaired) electrons. The largest absolute Gasteiger partial charge is 0.492 e. The molecule has 1 aromatic rings. The van der Waals surface area contributed by atoms with E-state index < -0.39 is 0 Å². The van der Waals surface area contributed by atoms with Gasteiger partial charge in [0.2, 0.25) is 0 Å². The van der Waals surface area contributed by atoms with Crippen molar-refractivity contribution in [1.82, 2.24) is 0 Å². The molecule has 1 aliphatic carbocycles. The smallest absolute Gasteiger partial charge is 0.337 e. The molecule has 0 saturated heterocycles. The zero-order valence-electron chi connectivity index (χ0n) is 9.03. The summed E-state index contributed by atoms with van der Waals surface area (Å²) in [6, 6.07) is 5.36. The molecule has 0 atom stereocenters. The Bertz CT molecular complexity index is 399. The lowest BCUT2D eigenvalue weighted by atomic mass is 10.2. The summed E-state index contributed by atoms with van der Waals surface area (Å²) in [6.45, 7) is 0.751. The highest BCUT2D eigenvalue weighted by Gasteiger charge is 2.22. The fourth-order valence-corrected chi connectivity index (χ4v) is 1.84. The second kappa shape index (κ2) is 5.03. The van der Waals surface area contributed by atoms with Crippen molar-refractivity contribution < 1.29 is 14.3 Å². The van der Waals surface area contributed by atoms with Gasteiger partial charge >= 0.3 is 5.97 Å². The number of esters is 1. The Labute approximate surface area is 108 Å². The number of hydrogen-bond donors (Lipinski definition) is 0. The van der Waals surface area contributed by atoms with E-state index in [0.29, 0.717) is 11.5 Å². The van der Waals surface area contributed by atoms with Gasteiger partial charge in [0.05, 0.1) is 22.9 Å². The van der Waals surface area contributed by atoms with Gasteiger partial charge < -0.3 is 9.47 Å². The third kappa shape index (κ3) is 2.87. The van der Waals surface area contributed by atoms with Crippen molar-refractivity contribution in [2.24, 2.45) is 5.92 Å². The lowest BCUT2D eigenvalue weighted by Crippen LogP contribution is -2.04. The Balaban J connectivity index is 2.11. The molecular weight excluding hydrogens is 319 g/mol. The summed E-state index contributed by atoms with van der Waals surface area (Å²) in [5.41, 5.74) is 0.536. The molecule has 1 aromatic carbocycles. The van der Waals surface area contributed by atoms with Crippen LogP contribution in [0.1, 0.15) is 23.2 Å². The van der Waals surface area contributed by atoms with E-state index in [-0.39, 0.29) is 5.97 Å². The maximum atomic E-state index is 11.3. The molecule has 1 saturated carbocycles. The highest BCUT2D eigenvalue weighted by molar-refractivity contribution is 14.1. The van der Waals surface area contributed by atoms with Crippen molar-refractivity contribution in [3.05, 3.63) is 27.3 Å². The maximum absolute atomic E-state index is 11.3. The predicted molar refractivity (Wildman–Crippen MR) is 68.7 cm³/mol. The molecule has 1 aliphatic rings. The van der Waals surface area contributed by atoms with Crippen LogP contribution in [-0.4, -0.2) is 19.7 Å². The van der Waals surface area contributed by atoms with Crippen molar-refractivity contribution in [3.8, 4) is 5.75 Å². The Hall–Kier alpha value is -0.780. The molecule has 0 spiro atoms. The molecule has 3 nitrogen and oxygen atoms in total. The minimum Gasteiger partial charge on any atom is -0.492 e. The van der Waals surface area contributed by atoms with Crippen molar-refractivity contribution in [1.29, 1.82) is 0 Å². The van der Waals surface area contributed by atoms with Gasteiger partial charge in [0.25, 0.3) is 0 Å². The molecule has 0 amide bonds. The van der Waals surface area contributed by atoms with Gasteiger partial charge in [-0.25, -0.2) is 4.79 Å². The number of carbonyl (C=O) groups excluding carboxylic acids is 1. The fourth-order valence-electron chi connectivity index (χ4n) is 1.35. The van der Waals surface area contributed by atoms with Crippen LogP contribution in [0.15, 0.2) is 18.2 Å². The van der Waals surface area contributed by atoms with E-state index >= 15 is 0 Å². The van der Waals surface area contributed by atoms with Gasteiger partial charge in [-0.15, -0.1) is 0 Å². The number of hydrogen-bond acceptors (Lipinski definition) is 3. The summed E-state index contributed by atoms with van der Waals surface area (Å²) in [4.78, 5) is 11.3. The molecule has 4 heteroatoms. The van der Waals surface area contributed by atoms with Gasteiger partial charge in [-0.3, -0.25) is 0 Å². The molecule has 0 heterocycles. The van der Waals surface area contributed by atoms with Gasteiger partial charge in [-0.1, -0.05) is 0 Å². The summed E-state index contributed by atoms with van der Waals surface area (Å²) < 4.78 is 11.4. The molecule has 1 fully saturated rings. The minimum atomic E-state index is -0.326. The number of ether oxygens (including phenoxy) is 2. The van der Waals surface area contributed by atoms with Gasteiger partial charge in [0, 0.05) is 0 Å². The topological polar surface area (TPSA) is 35.5 Å². The number of methoxy groups -OCH3 is 1. The second-order valence-electron chi connectivity index (χ2n) is 3.89.